The number of benzene rings is 2. The molecule has 149 valence electrons. The Morgan fingerprint density at radius 1 is 0.538 bits per heavy atom. The second-order valence-electron chi connectivity index (χ2n) is 5.18. The van der Waals surface area contributed by atoms with E-state index in [1.807, 2.05) is 13.8 Å². The van der Waals surface area contributed by atoms with E-state index in [9.17, 15) is 0 Å². The smallest absolute Gasteiger partial charge is 0 e. The van der Waals surface area contributed by atoms with Crippen molar-refractivity contribution in [2.45, 2.75) is 73.6 Å². The Morgan fingerprint density at radius 3 is 0.962 bits per heavy atom. The minimum atomic E-state index is 0. The summed E-state index contributed by atoms with van der Waals surface area (Å²) >= 11 is 0. The zero-order valence-electron chi connectivity index (χ0n) is 18.9. The molecule has 0 aliphatic carbocycles. The Kier molecular flexibility index (Phi) is 45.4. The Balaban J connectivity index is -0.0000000831. The Morgan fingerprint density at radius 2 is 0.769 bits per heavy atom. The quantitative estimate of drug-likeness (QED) is 0.382. The normalized spacial score (nSPS) is 7.46. The van der Waals surface area contributed by atoms with Crippen molar-refractivity contribution >= 4 is 0 Å². The second kappa shape index (κ2) is 32.3. The zero-order valence-corrected chi connectivity index (χ0v) is 22.5. The molecule has 26 heavy (non-hydrogen) atoms. The third-order valence-electron chi connectivity index (χ3n) is 2.76. The van der Waals surface area contributed by atoms with E-state index in [1.54, 1.807) is 0 Å². The topological polar surface area (TPSA) is 0 Å². The molecule has 0 atom stereocenters. The zero-order chi connectivity index (χ0) is 17.8. The first-order chi connectivity index (χ1) is 11.3. The fourth-order valence-electron chi connectivity index (χ4n) is 1.87. The SMILES string of the molecule is CC.CCC.CCCc1ccccc1.CCCc1ccccc1.[CH3-].[CH3-].[La]. The van der Waals surface area contributed by atoms with Gasteiger partial charge in [-0.2, -0.15) is 0 Å². The third kappa shape index (κ3) is 25.9. The van der Waals surface area contributed by atoms with Crippen molar-refractivity contribution in [2.75, 3.05) is 0 Å². The first-order valence-corrected chi connectivity index (χ1v) is 9.36. The molecule has 0 heterocycles. The van der Waals surface area contributed by atoms with Crippen molar-refractivity contribution in [2.24, 2.45) is 0 Å². The van der Waals surface area contributed by atoms with Crippen LogP contribution in [0.2, 0.25) is 0 Å². The van der Waals surface area contributed by atoms with Crippen LogP contribution in [0.1, 0.15) is 71.9 Å². The summed E-state index contributed by atoms with van der Waals surface area (Å²) in [5, 5.41) is 0. The van der Waals surface area contributed by atoms with Crippen molar-refractivity contribution in [3.8, 4) is 0 Å². The minimum absolute atomic E-state index is 0. The van der Waals surface area contributed by atoms with E-state index in [4.69, 9.17) is 0 Å². The van der Waals surface area contributed by atoms with Gasteiger partial charge in [-0.15, -0.1) is 0 Å². The van der Waals surface area contributed by atoms with Crippen molar-refractivity contribution in [3.63, 3.8) is 0 Å². The first kappa shape index (κ1) is 36.5. The summed E-state index contributed by atoms with van der Waals surface area (Å²) in [5.74, 6) is 0. The molecule has 0 N–H and O–H groups in total. The van der Waals surface area contributed by atoms with Crippen LogP contribution < -0.4 is 0 Å². The van der Waals surface area contributed by atoms with Gasteiger partial charge in [0.1, 0.15) is 0 Å². The summed E-state index contributed by atoms with van der Waals surface area (Å²) in [7, 11) is 0. The number of hydrogen-bond donors (Lipinski definition) is 0. The molecule has 0 saturated carbocycles. The molecule has 1 heteroatoms. The summed E-state index contributed by atoms with van der Waals surface area (Å²) in [6, 6.07) is 21.1. The van der Waals surface area contributed by atoms with Crippen LogP contribution in [0.3, 0.4) is 0 Å². The average Bonchev–Trinajstić information content (AvgIpc) is 2.61. The van der Waals surface area contributed by atoms with Gasteiger partial charge in [0.15, 0.2) is 0 Å². The molecule has 0 fully saturated rings. The molecule has 0 aromatic heterocycles. The van der Waals surface area contributed by atoms with E-state index in [1.165, 1.54) is 43.2 Å². The Bertz CT molecular complexity index is 367. The predicted octanol–water partition coefficient (Wildman–Crippen LogP) is 8.62. The van der Waals surface area contributed by atoms with Crippen LogP contribution in [0.25, 0.3) is 0 Å². The molecule has 0 aliphatic heterocycles. The maximum absolute atomic E-state index is 2.20. The molecule has 2 aromatic carbocycles. The van der Waals surface area contributed by atoms with Gasteiger partial charge in [0.05, 0.1) is 0 Å². The van der Waals surface area contributed by atoms with Crippen LogP contribution in [-0.4, -0.2) is 0 Å². The number of rotatable bonds is 4. The van der Waals surface area contributed by atoms with Gasteiger partial charge in [-0.3, -0.25) is 0 Å². The van der Waals surface area contributed by atoms with E-state index in [-0.39, 0.29) is 50.5 Å². The molecule has 0 nitrogen and oxygen atoms in total. The van der Waals surface area contributed by atoms with Gasteiger partial charge >= 0.3 is 0 Å². The van der Waals surface area contributed by atoms with E-state index >= 15 is 0 Å². The molecule has 2 aromatic rings. The van der Waals surface area contributed by atoms with Crippen LogP contribution in [-0.2, 0) is 12.8 Å². The molecule has 2 rings (SSSR count). The van der Waals surface area contributed by atoms with Crippen LogP contribution in [0.15, 0.2) is 60.7 Å². The molecule has 0 unspecified atom stereocenters. The predicted molar refractivity (Wildman–Crippen MR) is 121 cm³/mol. The van der Waals surface area contributed by atoms with Gasteiger partial charge in [0.25, 0.3) is 0 Å². The summed E-state index contributed by atoms with van der Waals surface area (Å²) in [4.78, 5) is 0. The molecule has 1 radical (unpaired) electrons. The van der Waals surface area contributed by atoms with E-state index in [0.29, 0.717) is 0 Å². The van der Waals surface area contributed by atoms with Gasteiger partial charge in [0.2, 0.25) is 0 Å². The minimum Gasteiger partial charge on any atom is -0.358 e. The van der Waals surface area contributed by atoms with Gasteiger partial charge in [-0.25, -0.2) is 0 Å². The number of hydrogen-bond acceptors (Lipinski definition) is 0. The standard InChI is InChI=1S/2C9H12.C3H8.C2H6.2CH3.La/c2*1-2-6-9-7-4-3-5-8-9;1-3-2;1-2;;;/h2*3-5,7-8H,2,6H2,1H3;3H2,1-2H3;1-2H3;2*1H3;/q;;;;2*-1;. The molecule has 0 spiro atoms. The average molecular weight is 484 g/mol. The molecule has 0 amide bonds. The fourth-order valence-corrected chi connectivity index (χ4v) is 1.87. The monoisotopic (exact) mass is 483 g/mol. The molecular formula is C25H44La-2. The van der Waals surface area contributed by atoms with Crippen LogP contribution in [0.4, 0.5) is 0 Å². The van der Waals surface area contributed by atoms with E-state index in [0.717, 1.165) is 0 Å². The summed E-state index contributed by atoms with van der Waals surface area (Å²) < 4.78 is 0. The van der Waals surface area contributed by atoms with Gasteiger partial charge in [-0.05, 0) is 24.0 Å². The van der Waals surface area contributed by atoms with Gasteiger partial charge in [-0.1, -0.05) is 121 Å². The van der Waals surface area contributed by atoms with Crippen molar-refractivity contribution in [1.29, 1.82) is 0 Å². The molecule has 0 aliphatic rings. The molecule has 0 bridgehead atoms. The van der Waals surface area contributed by atoms with Crippen LogP contribution in [0.5, 0.6) is 0 Å². The van der Waals surface area contributed by atoms with E-state index < -0.39 is 0 Å². The summed E-state index contributed by atoms with van der Waals surface area (Å²) in [6.45, 7) is 12.7. The maximum atomic E-state index is 2.20. The van der Waals surface area contributed by atoms with Crippen LogP contribution >= 0.6 is 0 Å². The molecular weight excluding hydrogens is 439 g/mol. The van der Waals surface area contributed by atoms with Crippen molar-refractivity contribution in [3.05, 3.63) is 86.6 Å². The number of aryl methyl sites for hydroxylation is 2. The van der Waals surface area contributed by atoms with Gasteiger partial charge < -0.3 is 14.9 Å². The van der Waals surface area contributed by atoms with Crippen LogP contribution in [0, 0.1) is 50.5 Å². The maximum Gasteiger partial charge on any atom is 0 e. The van der Waals surface area contributed by atoms with Crippen molar-refractivity contribution in [1.82, 2.24) is 0 Å². The first-order valence-electron chi connectivity index (χ1n) is 9.36. The second-order valence-corrected chi connectivity index (χ2v) is 5.18. The Hall–Kier alpha value is -0.365. The summed E-state index contributed by atoms with van der Waals surface area (Å²) in [6.07, 6.45) is 6.15. The third-order valence-corrected chi connectivity index (χ3v) is 2.76. The van der Waals surface area contributed by atoms with Gasteiger partial charge in [0, 0.05) is 35.6 Å². The largest absolute Gasteiger partial charge is 0.358 e. The Labute approximate surface area is 194 Å². The fraction of sp³-hybridized carbons (Fsp3) is 0.440. The summed E-state index contributed by atoms with van der Waals surface area (Å²) in [5.41, 5.74) is 2.89. The van der Waals surface area contributed by atoms with E-state index in [2.05, 4.69) is 88.4 Å². The molecule has 0 saturated heterocycles. The van der Waals surface area contributed by atoms with Crippen molar-refractivity contribution < 1.29 is 35.6 Å².